The number of imide groups is 1. The molecule has 0 aliphatic carbocycles. The Bertz CT molecular complexity index is 1010. The van der Waals surface area contributed by atoms with E-state index in [-0.39, 0.29) is 23.6 Å². The molecule has 2 aromatic carbocycles. The predicted octanol–water partition coefficient (Wildman–Crippen LogP) is 4.80. The predicted molar refractivity (Wildman–Crippen MR) is 107 cm³/mol. The van der Waals surface area contributed by atoms with E-state index in [1.54, 1.807) is 6.07 Å². The summed E-state index contributed by atoms with van der Waals surface area (Å²) in [7, 11) is 0. The van der Waals surface area contributed by atoms with E-state index in [1.165, 1.54) is 17.0 Å². The molecule has 1 aliphatic heterocycles. The summed E-state index contributed by atoms with van der Waals surface area (Å²) in [5, 5.41) is 2.92. The summed E-state index contributed by atoms with van der Waals surface area (Å²) in [6, 6.07) is 10.6. The van der Waals surface area contributed by atoms with Gasteiger partial charge in [-0.15, -0.1) is 13.2 Å². The molecule has 1 heterocycles. The van der Waals surface area contributed by atoms with Crippen molar-refractivity contribution in [2.24, 2.45) is 0 Å². The number of anilines is 1. The number of rotatable bonds is 6. The van der Waals surface area contributed by atoms with Crippen LogP contribution in [0.15, 0.2) is 48.2 Å². The second-order valence-electron chi connectivity index (χ2n) is 7.03. The number of nitrogens with one attached hydrogen (secondary N) is 1. The van der Waals surface area contributed by atoms with Gasteiger partial charge in [-0.25, -0.2) is 0 Å². The Kier molecular flexibility index (Phi) is 5.87. The minimum atomic E-state index is -4.79. The Morgan fingerprint density at radius 2 is 1.67 bits per heavy atom. The average molecular weight is 418 g/mol. The van der Waals surface area contributed by atoms with Crippen LogP contribution in [0.4, 0.5) is 18.9 Å². The number of halogens is 3. The van der Waals surface area contributed by atoms with Crippen molar-refractivity contribution in [1.29, 1.82) is 0 Å². The highest BCUT2D eigenvalue weighted by Gasteiger charge is 2.39. The highest BCUT2D eigenvalue weighted by Crippen LogP contribution is 2.33. The van der Waals surface area contributed by atoms with Gasteiger partial charge in [-0.3, -0.25) is 14.5 Å². The summed E-state index contributed by atoms with van der Waals surface area (Å²) in [6.07, 6.45) is -4.18. The van der Waals surface area contributed by atoms with Crippen molar-refractivity contribution < 1.29 is 27.5 Å². The lowest BCUT2D eigenvalue weighted by Gasteiger charge is -2.14. The van der Waals surface area contributed by atoms with Gasteiger partial charge in [-0.2, -0.15) is 0 Å². The van der Waals surface area contributed by atoms with Crippen LogP contribution >= 0.6 is 0 Å². The average Bonchev–Trinajstić information content (AvgIpc) is 2.87. The molecule has 1 N–H and O–H groups in total. The first kappa shape index (κ1) is 21.4. The van der Waals surface area contributed by atoms with E-state index < -0.39 is 18.2 Å². The second-order valence-corrected chi connectivity index (χ2v) is 7.03. The van der Waals surface area contributed by atoms with Crippen molar-refractivity contribution in [3.05, 3.63) is 64.9 Å². The first-order valence-electron chi connectivity index (χ1n) is 9.41. The van der Waals surface area contributed by atoms with Gasteiger partial charge in [0.05, 0.1) is 5.57 Å². The molecule has 0 spiro atoms. The van der Waals surface area contributed by atoms with Crippen LogP contribution < -0.4 is 10.1 Å². The van der Waals surface area contributed by atoms with Gasteiger partial charge in [0.1, 0.15) is 11.4 Å². The van der Waals surface area contributed by atoms with Gasteiger partial charge >= 0.3 is 6.36 Å². The molecule has 30 heavy (non-hydrogen) atoms. The van der Waals surface area contributed by atoms with Crippen molar-refractivity contribution in [3.8, 4) is 5.75 Å². The third-order valence-corrected chi connectivity index (χ3v) is 4.62. The Balaban J connectivity index is 1.99. The minimum absolute atomic E-state index is 0.102. The Hall–Kier alpha value is -3.29. The van der Waals surface area contributed by atoms with E-state index in [2.05, 4.69) is 10.1 Å². The SMILES string of the molecule is CCCN1C(=O)C(Nc2ccc(OC(F)(F)F)cc2)=C(c2ccc(C)cc2C)C1=O. The van der Waals surface area contributed by atoms with E-state index >= 15 is 0 Å². The maximum atomic E-state index is 13.0. The first-order chi connectivity index (χ1) is 14.1. The molecule has 2 amide bonds. The van der Waals surface area contributed by atoms with Gasteiger partial charge in [-0.05, 0) is 55.7 Å². The maximum absolute atomic E-state index is 13.0. The van der Waals surface area contributed by atoms with Crippen LogP contribution in [-0.4, -0.2) is 29.6 Å². The summed E-state index contributed by atoms with van der Waals surface area (Å²) < 4.78 is 40.9. The van der Waals surface area contributed by atoms with Crippen molar-refractivity contribution in [2.45, 2.75) is 33.6 Å². The topological polar surface area (TPSA) is 58.6 Å². The van der Waals surface area contributed by atoms with Gasteiger partial charge < -0.3 is 10.1 Å². The fourth-order valence-electron chi connectivity index (χ4n) is 3.35. The lowest BCUT2D eigenvalue weighted by molar-refractivity contribution is -0.274. The molecule has 3 rings (SSSR count). The molecule has 0 fully saturated rings. The Morgan fingerprint density at radius 1 is 1.00 bits per heavy atom. The van der Waals surface area contributed by atoms with Crippen LogP contribution in [0.2, 0.25) is 0 Å². The fourth-order valence-corrected chi connectivity index (χ4v) is 3.35. The van der Waals surface area contributed by atoms with E-state index in [1.807, 2.05) is 32.9 Å². The molecule has 1 aliphatic rings. The number of aryl methyl sites for hydroxylation is 2. The monoisotopic (exact) mass is 418 g/mol. The van der Waals surface area contributed by atoms with Crippen molar-refractivity contribution in [1.82, 2.24) is 4.90 Å². The first-order valence-corrected chi connectivity index (χ1v) is 9.41. The molecule has 0 saturated heterocycles. The third kappa shape index (κ3) is 4.48. The molecular weight excluding hydrogens is 397 g/mol. The zero-order valence-electron chi connectivity index (χ0n) is 16.8. The molecule has 0 atom stereocenters. The number of ether oxygens (including phenoxy) is 1. The normalized spacial score (nSPS) is 14.5. The van der Waals surface area contributed by atoms with E-state index in [9.17, 15) is 22.8 Å². The number of hydrogen-bond acceptors (Lipinski definition) is 4. The molecule has 0 aromatic heterocycles. The summed E-state index contributed by atoms with van der Waals surface area (Å²) in [5.41, 5.74) is 3.22. The molecule has 158 valence electrons. The lowest BCUT2D eigenvalue weighted by Crippen LogP contribution is -2.33. The van der Waals surface area contributed by atoms with Crippen LogP contribution in [0.5, 0.6) is 5.75 Å². The fraction of sp³-hybridized carbons (Fsp3) is 0.273. The quantitative estimate of drug-likeness (QED) is 0.685. The standard InChI is InChI=1S/C22H21F3N2O3/c1-4-11-27-20(28)18(17-10-5-13(2)12-14(17)3)19(21(27)29)26-15-6-8-16(9-7-15)30-22(23,24)25/h5-10,12,26H,4,11H2,1-3H3. The van der Waals surface area contributed by atoms with Crippen LogP contribution in [0.25, 0.3) is 5.57 Å². The highest BCUT2D eigenvalue weighted by molar-refractivity contribution is 6.36. The Morgan fingerprint density at radius 3 is 2.23 bits per heavy atom. The summed E-state index contributed by atoms with van der Waals surface area (Å²) in [6.45, 7) is 5.92. The van der Waals surface area contributed by atoms with Crippen molar-refractivity contribution in [3.63, 3.8) is 0 Å². The molecule has 2 aromatic rings. The van der Waals surface area contributed by atoms with Crippen LogP contribution in [0.3, 0.4) is 0 Å². The summed E-state index contributed by atoms with van der Waals surface area (Å²) in [4.78, 5) is 27.1. The molecular formula is C22H21F3N2O3. The minimum Gasteiger partial charge on any atom is -0.406 e. The second kappa shape index (κ2) is 8.22. The molecule has 5 nitrogen and oxygen atoms in total. The molecule has 0 unspecified atom stereocenters. The smallest absolute Gasteiger partial charge is 0.406 e. The molecule has 0 bridgehead atoms. The number of amides is 2. The van der Waals surface area contributed by atoms with E-state index in [0.717, 1.165) is 23.3 Å². The van der Waals surface area contributed by atoms with Gasteiger partial charge in [0.2, 0.25) is 0 Å². The van der Waals surface area contributed by atoms with Gasteiger partial charge in [0.25, 0.3) is 11.8 Å². The molecule has 0 saturated carbocycles. The number of carbonyl (C=O) groups excluding carboxylic acids is 2. The lowest BCUT2D eigenvalue weighted by atomic mass is 9.97. The number of hydrogen-bond donors (Lipinski definition) is 1. The number of alkyl halides is 3. The highest BCUT2D eigenvalue weighted by atomic mass is 19.4. The maximum Gasteiger partial charge on any atom is 0.573 e. The number of nitrogens with zero attached hydrogens (tertiary/aromatic N) is 1. The third-order valence-electron chi connectivity index (χ3n) is 4.62. The zero-order chi connectivity index (χ0) is 22.1. The zero-order valence-corrected chi connectivity index (χ0v) is 16.8. The van der Waals surface area contributed by atoms with Crippen molar-refractivity contribution >= 4 is 23.1 Å². The summed E-state index contributed by atoms with van der Waals surface area (Å²) >= 11 is 0. The van der Waals surface area contributed by atoms with Crippen LogP contribution in [0, 0.1) is 13.8 Å². The van der Waals surface area contributed by atoms with Gasteiger partial charge in [0, 0.05) is 12.2 Å². The van der Waals surface area contributed by atoms with Crippen LogP contribution in [0.1, 0.15) is 30.0 Å². The number of carbonyl (C=O) groups is 2. The Labute approximate surface area is 172 Å². The van der Waals surface area contributed by atoms with Crippen LogP contribution in [-0.2, 0) is 9.59 Å². The molecule has 0 radical (unpaired) electrons. The molecule has 8 heteroatoms. The van der Waals surface area contributed by atoms with Crippen molar-refractivity contribution in [2.75, 3.05) is 11.9 Å². The largest absolute Gasteiger partial charge is 0.573 e. The van der Waals surface area contributed by atoms with E-state index in [0.29, 0.717) is 17.7 Å². The summed E-state index contributed by atoms with van der Waals surface area (Å²) in [5.74, 6) is -1.24. The van der Waals surface area contributed by atoms with E-state index in [4.69, 9.17) is 0 Å². The van der Waals surface area contributed by atoms with Gasteiger partial charge in [-0.1, -0.05) is 30.7 Å². The number of benzene rings is 2. The van der Waals surface area contributed by atoms with Gasteiger partial charge in [0.15, 0.2) is 0 Å².